The third-order valence-corrected chi connectivity index (χ3v) is 7.76. The third-order valence-electron chi connectivity index (χ3n) is 7.76. The van der Waals surface area contributed by atoms with Crippen LogP contribution in [0.1, 0.15) is 172 Å². The number of hydrogen-bond acceptors (Lipinski definition) is 3. The summed E-state index contributed by atoms with van der Waals surface area (Å²) in [4.78, 5) is 15.1. The molecule has 0 spiro atoms. The van der Waals surface area contributed by atoms with E-state index in [0.717, 1.165) is 25.9 Å². The van der Waals surface area contributed by atoms with Crippen molar-refractivity contribution < 1.29 is 9.53 Å². The Labute approximate surface area is 237 Å². The van der Waals surface area contributed by atoms with Crippen LogP contribution in [0.4, 0.5) is 5.69 Å². The minimum Gasteiger partial charge on any atom is -0.462 e. The van der Waals surface area contributed by atoms with Crippen molar-refractivity contribution in [1.82, 2.24) is 0 Å². The van der Waals surface area contributed by atoms with Gasteiger partial charge in [0.25, 0.3) is 0 Å². The van der Waals surface area contributed by atoms with Gasteiger partial charge in [-0.15, -0.1) is 0 Å². The van der Waals surface area contributed by atoms with Gasteiger partial charge in [0.15, 0.2) is 0 Å². The number of rotatable bonds is 27. The van der Waals surface area contributed by atoms with E-state index < -0.39 is 0 Å². The first-order valence-corrected chi connectivity index (χ1v) is 16.7. The Kier molecular flexibility index (Phi) is 23.4. The van der Waals surface area contributed by atoms with Gasteiger partial charge in [-0.3, -0.25) is 0 Å². The second kappa shape index (κ2) is 25.8. The molecule has 1 aromatic rings. The molecule has 3 heteroatoms. The summed E-state index contributed by atoms with van der Waals surface area (Å²) < 4.78 is 5.54. The normalized spacial score (nSPS) is 11.1. The molecule has 3 nitrogen and oxygen atoms in total. The summed E-state index contributed by atoms with van der Waals surface area (Å²) in [6.07, 6.45) is 28.9. The van der Waals surface area contributed by atoms with E-state index in [1.807, 2.05) is 12.1 Å². The summed E-state index contributed by atoms with van der Waals surface area (Å²) >= 11 is 0. The number of esters is 1. The zero-order chi connectivity index (χ0) is 27.5. The van der Waals surface area contributed by atoms with E-state index in [4.69, 9.17) is 4.74 Å². The maximum Gasteiger partial charge on any atom is 0.338 e. The number of hydrogen-bond donors (Lipinski definition) is 0. The van der Waals surface area contributed by atoms with Crippen molar-refractivity contribution in [2.75, 3.05) is 24.6 Å². The lowest BCUT2D eigenvalue weighted by molar-refractivity contribution is 0.0497. The highest BCUT2D eigenvalue weighted by Crippen LogP contribution is 2.19. The Bertz CT molecular complexity index is 622. The van der Waals surface area contributed by atoms with Crippen LogP contribution in [0.15, 0.2) is 24.3 Å². The number of carbonyl (C=O) groups excluding carboxylic acids is 1. The first-order valence-electron chi connectivity index (χ1n) is 16.7. The topological polar surface area (TPSA) is 29.5 Å². The molecular formula is C35H63NO2. The van der Waals surface area contributed by atoms with E-state index in [2.05, 4.69) is 37.8 Å². The summed E-state index contributed by atoms with van der Waals surface area (Å²) in [5, 5.41) is 0. The fourth-order valence-electron chi connectivity index (χ4n) is 5.18. The number of unbranched alkanes of at least 4 members (excludes halogenated alkanes) is 19. The van der Waals surface area contributed by atoms with E-state index >= 15 is 0 Å². The molecule has 0 amide bonds. The molecule has 0 aliphatic rings. The van der Waals surface area contributed by atoms with Crippen molar-refractivity contribution in [1.29, 1.82) is 0 Å². The second-order valence-corrected chi connectivity index (χ2v) is 11.4. The molecule has 0 bridgehead atoms. The van der Waals surface area contributed by atoms with E-state index in [0.29, 0.717) is 12.2 Å². The molecule has 0 aliphatic heterocycles. The van der Waals surface area contributed by atoms with E-state index in [1.165, 1.54) is 134 Å². The van der Waals surface area contributed by atoms with Crippen molar-refractivity contribution in [2.24, 2.45) is 0 Å². The van der Waals surface area contributed by atoms with Crippen LogP contribution < -0.4 is 4.90 Å². The van der Waals surface area contributed by atoms with Gasteiger partial charge >= 0.3 is 5.97 Å². The van der Waals surface area contributed by atoms with Crippen LogP contribution >= 0.6 is 0 Å². The van der Waals surface area contributed by atoms with Gasteiger partial charge in [0.2, 0.25) is 0 Å². The molecule has 0 radical (unpaired) electrons. The quantitative estimate of drug-likeness (QED) is 0.0838. The van der Waals surface area contributed by atoms with Gasteiger partial charge < -0.3 is 9.64 Å². The molecule has 1 rings (SSSR count). The van der Waals surface area contributed by atoms with Crippen LogP contribution in [0.25, 0.3) is 0 Å². The largest absolute Gasteiger partial charge is 0.462 e. The van der Waals surface area contributed by atoms with Crippen molar-refractivity contribution >= 4 is 11.7 Å². The highest BCUT2D eigenvalue weighted by atomic mass is 16.5. The molecule has 0 aromatic heterocycles. The molecule has 0 saturated heterocycles. The first-order chi connectivity index (χ1) is 18.7. The van der Waals surface area contributed by atoms with Crippen LogP contribution in [0.5, 0.6) is 0 Å². The Balaban J connectivity index is 2.45. The molecule has 1 aromatic carbocycles. The van der Waals surface area contributed by atoms with Crippen molar-refractivity contribution in [3.8, 4) is 0 Å². The van der Waals surface area contributed by atoms with Crippen LogP contribution in [-0.2, 0) is 4.74 Å². The summed E-state index contributed by atoms with van der Waals surface area (Å²) in [5.74, 6) is -0.178. The zero-order valence-corrected chi connectivity index (χ0v) is 25.8. The van der Waals surface area contributed by atoms with Crippen LogP contribution in [0.3, 0.4) is 0 Å². The average molecular weight is 530 g/mol. The minimum absolute atomic E-state index is 0.178. The molecule has 0 fully saturated rings. The Hall–Kier alpha value is -1.51. The smallest absolute Gasteiger partial charge is 0.338 e. The van der Waals surface area contributed by atoms with Gasteiger partial charge in [-0.2, -0.15) is 0 Å². The number of carbonyl (C=O) groups is 1. The van der Waals surface area contributed by atoms with Gasteiger partial charge in [0.1, 0.15) is 0 Å². The monoisotopic (exact) mass is 529 g/mol. The molecule has 0 atom stereocenters. The lowest BCUT2D eigenvalue weighted by atomic mass is 10.1. The summed E-state index contributed by atoms with van der Waals surface area (Å²) in [6.45, 7) is 9.58. The molecule has 0 unspecified atom stereocenters. The summed E-state index contributed by atoms with van der Waals surface area (Å²) in [5.41, 5.74) is 1.93. The fourth-order valence-corrected chi connectivity index (χ4v) is 5.18. The maximum absolute atomic E-state index is 12.5. The average Bonchev–Trinajstić information content (AvgIpc) is 2.94. The number of nitrogens with zero attached hydrogens (tertiary/aromatic N) is 1. The third kappa shape index (κ3) is 18.7. The van der Waals surface area contributed by atoms with Crippen LogP contribution in [0, 0.1) is 0 Å². The first kappa shape index (κ1) is 34.5. The second-order valence-electron chi connectivity index (χ2n) is 11.4. The fraction of sp³-hybridized carbons (Fsp3) is 0.800. The Morgan fingerprint density at radius 1 is 0.526 bits per heavy atom. The Morgan fingerprint density at radius 3 is 1.32 bits per heavy atom. The van der Waals surface area contributed by atoms with Gasteiger partial charge in [-0.25, -0.2) is 4.79 Å². The van der Waals surface area contributed by atoms with Crippen LogP contribution in [0.2, 0.25) is 0 Å². The van der Waals surface area contributed by atoms with E-state index in [1.54, 1.807) is 0 Å². The molecular weight excluding hydrogens is 466 g/mol. The molecule has 0 saturated carbocycles. The van der Waals surface area contributed by atoms with Gasteiger partial charge in [-0.1, -0.05) is 143 Å². The van der Waals surface area contributed by atoms with Crippen molar-refractivity contribution in [3.05, 3.63) is 29.8 Å². The standard InChI is InChI=1S/C35H63NO2/c1-4-7-10-13-16-18-20-23-30-36(31-24-21-19-17-14-11-8-5-2)34-28-26-33(27-29-34)35(37)38-32-25-22-15-12-9-6-3/h26-29H,4-25,30-32H2,1-3H3. The van der Waals surface area contributed by atoms with Gasteiger partial charge in [0.05, 0.1) is 12.2 Å². The van der Waals surface area contributed by atoms with Crippen molar-refractivity contribution in [2.45, 2.75) is 162 Å². The van der Waals surface area contributed by atoms with Gasteiger partial charge in [-0.05, 0) is 43.5 Å². The molecule has 0 heterocycles. The number of anilines is 1. The van der Waals surface area contributed by atoms with Crippen molar-refractivity contribution in [3.63, 3.8) is 0 Å². The lowest BCUT2D eigenvalue weighted by Crippen LogP contribution is -2.25. The number of ether oxygens (including phenoxy) is 1. The highest BCUT2D eigenvalue weighted by molar-refractivity contribution is 5.89. The van der Waals surface area contributed by atoms with E-state index in [9.17, 15) is 4.79 Å². The summed E-state index contributed by atoms with van der Waals surface area (Å²) in [6, 6.07) is 8.20. The van der Waals surface area contributed by atoms with Crippen LogP contribution in [-0.4, -0.2) is 25.7 Å². The minimum atomic E-state index is -0.178. The lowest BCUT2D eigenvalue weighted by Gasteiger charge is -2.25. The molecule has 38 heavy (non-hydrogen) atoms. The van der Waals surface area contributed by atoms with E-state index in [-0.39, 0.29) is 5.97 Å². The Morgan fingerprint density at radius 2 is 0.895 bits per heavy atom. The summed E-state index contributed by atoms with van der Waals surface area (Å²) in [7, 11) is 0. The molecule has 0 N–H and O–H groups in total. The molecule has 220 valence electrons. The highest BCUT2D eigenvalue weighted by Gasteiger charge is 2.10. The predicted molar refractivity (Wildman–Crippen MR) is 168 cm³/mol. The predicted octanol–water partition coefficient (Wildman–Crippen LogP) is 11.3. The maximum atomic E-state index is 12.5. The molecule has 0 aliphatic carbocycles. The SMILES string of the molecule is CCCCCCCCCCN(CCCCCCCCCC)c1ccc(C(=O)OCCCCCCCC)cc1. The van der Waals surface area contributed by atoms with Gasteiger partial charge in [0, 0.05) is 18.8 Å². The number of benzene rings is 1. The zero-order valence-electron chi connectivity index (χ0n) is 25.8.